The second-order valence-corrected chi connectivity index (χ2v) is 5.22. The van der Waals surface area contributed by atoms with E-state index in [0.29, 0.717) is 12.2 Å². The minimum absolute atomic E-state index is 0.383. The minimum atomic E-state index is -0.775. The molecule has 2 nitrogen and oxygen atoms in total. The Morgan fingerprint density at radius 3 is 2.50 bits per heavy atom. The molecule has 98 valence electrons. The normalized spacial score (nSPS) is 27.7. The lowest BCUT2D eigenvalue weighted by molar-refractivity contribution is -0.0377. The first-order valence-corrected chi connectivity index (χ1v) is 6.52. The number of halogens is 2. The first-order valence-electron chi connectivity index (χ1n) is 6.52. The highest BCUT2D eigenvalue weighted by Gasteiger charge is 2.33. The van der Waals surface area contributed by atoms with Gasteiger partial charge >= 0.3 is 0 Å². The average Bonchev–Trinajstić information content (AvgIpc) is 2.70. The van der Waals surface area contributed by atoms with Gasteiger partial charge in [0.15, 0.2) is 11.6 Å². The number of likely N-dealkylation sites (tertiary alicyclic amines) is 1. The van der Waals surface area contributed by atoms with Crippen LogP contribution in [0.2, 0.25) is 0 Å². The predicted molar refractivity (Wildman–Crippen MR) is 64.4 cm³/mol. The number of hydrogen-bond donors (Lipinski definition) is 0. The molecule has 18 heavy (non-hydrogen) atoms. The molecule has 2 bridgehead atoms. The van der Waals surface area contributed by atoms with E-state index in [4.69, 9.17) is 4.74 Å². The number of rotatable bonds is 3. The summed E-state index contributed by atoms with van der Waals surface area (Å²) < 4.78 is 31.6. The standard InChI is InChI=1S/C14H17F2NO/c15-13-4-1-10(7-14(13)16)5-6-17-8-11-2-3-12(9-17)18-11/h1,4,7,11-12H,2-3,5-6,8-9H2. The zero-order valence-electron chi connectivity index (χ0n) is 10.2. The van der Waals surface area contributed by atoms with Gasteiger partial charge in [-0.15, -0.1) is 0 Å². The summed E-state index contributed by atoms with van der Waals surface area (Å²) >= 11 is 0. The van der Waals surface area contributed by atoms with Crippen LogP contribution in [0.15, 0.2) is 18.2 Å². The quantitative estimate of drug-likeness (QED) is 0.820. The lowest BCUT2D eigenvalue weighted by Crippen LogP contribution is -2.43. The van der Waals surface area contributed by atoms with Crippen LogP contribution in [0.5, 0.6) is 0 Å². The maximum atomic E-state index is 13.1. The summed E-state index contributed by atoms with van der Waals surface area (Å²) in [4.78, 5) is 2.37. The van der Waals surface area contributed by atoms with Crippen molar-refractivity contribution in [3.05, 3.63) is 35.4 Å². The Morgan fingerprint density at radius 1 is 1.11 bits per heavy atom. The Bertz CT molecular complexity index is 426. The number of morpholine rings is 1. The summed E-state index contributed by atoms with van der Waals surface area (Å²) in [6.45, 7) is 2.84. The Kier molecular flexibility index (Phi) is 3.31. The molecule has 2 saturated heterocycles. The Labute approximate surface area is 106 Å². The number of hydrogen-bond acceptors (Lipinski definition) is 2. The van der Waals surface area contributed by atoms with Crippen molar-refractivity contribution >= 4 is 0 Å². The first kappa shape index (κ1) is 12.1. The highest BCUT2D eigenvalue weighted by atomic mass is 19.2. The Morgan fingerprint density at radius 2 is 1.83 bits per heavy atom. The monoisotopic (exact) mass is 253 g/mol. The van der Waals surface area contributed by atoms with Crippen LogP contribution in [0.25, 0.3) is 0 Å². The third-order valence-electron chi connectivity index (χ3n) is 3.82. The lowest BCUT2D eigenvalue weighted by Gasteiger charge is -2.32. The lowest BCUT2D eigenvalue weighted by atomic mass is 10.1. The van der Waals surface area contributed by atoms with Crippen LogP contribution in [-0.2, 0) is 11.2 Å². The summed E-state index contributed by atoms with van der Waals surface area (Å²) in [5, 5.41) is 0. The number of ether oxygens (including phenoxy) is 1. The van der Waals surface area contributed by atoms with Crippen molar-refractivity contribution in [2.24, 2.45) is 0 Å². The van der Waals surface area contributed by atoms with E-state index in [2.05, 4.69) is 4.90 Å². The minimum Gasteiger partial charge on any atom is -0.372 e. The molecule has 0 aromatic heterocycles. The molecule has 2 aliphatic rings. The molecule has 0 radical (unpaired) electrons. The van der Waals surface area contributed by atoms with Crippen LogP contribution in [-0.4, -0.2) is 36.7 Å². The van der Waals surface area contributed by atoms with Crippen molar-refractivity contribution in [1.29, 1.82) is 0 Å². The van der Waals surface area contributed by atoms with Gasteiger partial charge in [0.2, 0.25) is 0 Å². The molecule has 0 amide bonds. The van der Waals surface area contributed by atoms with Gasteiger partial charge in [0.05, 0.1) is 12.2 Å². The molecule has 2 unspecified atom stereocenters. The van der Waals surface area contributed by atoms with Gasteiger partial charge in [-0.05, 0) is 37.0 Å². The third-order valence-corrected chi connectivity index (χ3v) is 3.82. The van der Waals surface area contributed by atoms with Crippen molar-refractivity contribution in [3.63, 3.8) is 0 Å². The van der Waals surface area contributed by atoms with Crippen molar-refractivity contribution in [2.45, 2.75) is 31.5 Å². The van der Waals surface area contributed by atoms with Crippen LogP contribution in [0.1, 0.15) is 18.4 Å². The fourth-order valence-electron chi connectivity index (χ4n) is 2.86. The van der Waals surface area contributed by atoms with E-state index >= 15 is 0 Å². The summed E-state index contributed by atoms with van der Waals surface area (Å²) in [5.74, 6) is -1.53. The van der Waals surface area contributed by atoms with E-state index in [1.165, 1.54) is 12.1 Å². The molecular formula is C14H17F2NO. The second-order valence-electron chi connectivity index (χ2n) is 5.22. The Balaban J connectivity index is 1.56. The number of nitrogens with zero attached hydrogens (tertiary/aromatic N) is 1. The van der Waals surface area contributed by atoms with Gasteiger partial charge in [0, 0.05) is 19.6 Å². The van der Waals surface area contributed by atoms with Gasteiger partial charge < -0.3 is 4.74 Å². The molecule has 4 heteroatoms. The molecule has 1 aromatic carbocycles. The van der Waals surface area contributed by atoms with Gasteiger partial charge in [-0.1, -0.05) is 6.07 Å². The SMILES string of the molecule is Fc1ccc(CCN2CC3CCC(C2)O3)cc1F. The topological polar surface area (TPSA) is 12.5 Å². The maximum absolute atomic E-state index is 13.1. The molecular weight excluding hydrogens is 236 g/mol. The van der Waals surface area contributed by atoms with Crippen LogP contribution < -0.4 is 0 Å². The molecule has 0 saturated carbocycles. The number of benzene rings is 1. The highest BCUT2D eigenvalue weighted by molar-refractivity contribution is 5.18. The molecule has 1 aromatic rings. The first-order chi connectivity index (χ1) is 8.70. The van der Waals surface area contributed by atoms with Gasteiger partial charge in [-0.3, -0.25) is 4.90 Å². The second kappa shape index (κ2) is 4.94. The van der Waals surface area contributed by atoms with Crippen LogP contribution >= 0.6 is 0 Å². The fourth-order valence-corrected chi connectivity index (χ4v) is 2.86. The van der Waals surface area contributed by atoms with Gasteiger partial charge in [0.25, 0.3) is 0 Å². The summed E-state index contributed by atoms with van der Waals surface area (Å²) in [5.41, 5.74) is 0.854. The molecule has 0 aliphatic carbocycles. The largest absolute Gasteiger partial charge is 0.372 e. The van der Waals surface area contributed by atoms with E-state index in [9.17, 15) is 8.78 Å². The Hall–Kier alpha value is -1.00. The molecule has 2 aliphatic heterocycles. The molecule has 0 spiro atoms. The third kappa shape index (κ3) is 2.54. The summed E-state index contributed by atoms with van der Waals surface area (Å²) in [7, 11) is 0. The number of fused-ring (bicyclic) bond motifs is 2. The maximum Gasteiger partial charge on any atom is 0.159 e. The van der Waals surface area contributed by atoms with Crippen LogP contribution in [0.4, 0.5) is 8.78 Å². The van der Waals surface area contributed by atoms with Crippen molar-refractivity contribution in [3.8, 4) is 0 Å². The fraction of sp³-hybridized carbons (Fsp3) is 0.571. The average molecular weight is 253 g/mol. The van der Waals surface area contributed by atoms with Crippen LogP contribution in [0, 0.1) is 11.6 Å². The van der Waals surface area contributed by atoms with Crippen LogP contribution in [0.3, 0.4) is 0 Å². The van der Waals surface area contributed by atoms with E-state index in [1.54, 1.807) is 6.07 Å². The summed E-state index contributed by atoms with van der Waals surface area (Å²) in [6, 6.07) is 4.16. The van der Waals surface area contributed by atoms with E-state index in [1.807, 2.05) is 0 Å². The molecule has 2 heterocycles. The zero-order chi connectivity index (χ0) is 12.5. The van der Waals surface area contributed by atoms with Gasteiger partial charge in [-0.25, -0.2) is 8.78 Å². The molecule has 0 N–H and O–H groups in total. The highest BCUT2D eigenvalue weighted by Crippen LogP contribution is 2.26. The predicted octanol–water partition coefficient (Wildman–Crippen LogP) is 2.37. The van der Waals surface area contributed by atoms with Crippen molar-refractivity contribution in [2.75, 3.05) is 19.6 Å². The zero-order valence-corrected chi connectivity index (χ0v) is 10.2. The van der Waals surface area contributed by atoms with Gasteiger partial charge in [-0.2, -0.15) is 0 Å². The van der Waals surface area contributed by atoms with Crippen molar-refractivity contribution < 1.29 is 13.5 Å². The van der Waals surface area contributed by atoms with Crippen molar-refractivity contribution in [1.82, 2.24) is 4.90 Å². The summed E-state index contributed by atoms with van der Waals surface area (Å²) in [6.07, 6.45) is 3.84. The van der Waals surface area contributed by atoms with E-state index in [-0.39, 0.29) is 0 Å². The molecule has 3 rings (SSSR count). The molecule has 2 fully saturated rings. The smallest absolute Gasteiger partial charge is 0.159 e. The molecule has 2 atom stereocenters. The van der Waals surface area contributed by atoms with Gasteiger partial charge in [0.1, 0.15) is 0 Å². The van der Waals surface area contributed by atoms with E-state index < -0.39 is 11.6 Å². The van der Waals surface area contributed by atoms with E-state index in [0.717, 1.165) is 44.5 Å².